The van der Waals surface area contributed by atoms with E-state index in [4.69, 9.17) is 16.3 Å². The number of anilines is 1. The zero-order chi connectivity index (χ0) is 13.7. The number of halogens is 1. The first-order valence-corrected chi connectivity index (χ1v) is 6.51. The Balaban J connectivity index is 2.13. The standard InChI is InChI=1S/C14H16ClN3O/c1-3-12-13(16-2)17-9-18-14(12)19-8-10-4-6-11(15)7-5-10/h4-7,9H,3,8H2,1-2H3,(H,16,17,18). The topological polar surface area (TPSA) is 47.0 Å². The zero-order valence-corrected chi connectivity index (χ0v) is 11.7. The van der Waals surface area contributed by atoms with Gasteiger partial charge in [0, 0.05) is 12.1 Å². The van der Waals surface area contributed by atoms with Crippen LogP contribution in [0.2, 0.25) is 5.02 Å². The number of nitrogens with one attached hydrogen (secondary N) is 1. The second-order valence-corrected chi connectivity index (χ2v) is 4.46. The maximum absolute atomic E-state index is 5.85. The van der Waals surface area contributed by atoms with Gasteiger partial charge in [-0.3, -0.25) is 0 Å². The molecular formula is C14H16ClN3O. The Hall–Kier alpha value is -1.81. The molecule has 2 rings (SSSR count). The molecule has 1 aromatic carbocycles. The summed E-state index contributed by atoms with van der Waals surface area (Å²) in [4.78, 5) is 8.37. The third-order valence-corrected chi connectivity index (χ3v) is 3.04. The van der Waals surface area contributed by atoms with Gasteiger partial charge in [-0.25, -0.2) is 9.97 Å². The number of ether oxygens (including phenoxy) is 1. The third kappa shape index (κ3) is 3.35. The Bertz CT molecular complexity index is 543. The van der Waals surface area contributed by atoms with Gasteiger partial charge in [0.05, 0.1) is 5.56 Å². The van der Waals surface area contributed by atoms with E-state index >= 15 is 0 Å². The number of rotatable bonds is 5. The molecule has 0 aliphatic heterocycles. The predicted octanol–water partition coefficient (Wildman–Crippen LogP) is 3.31. The molecule has 0 bridgehead atoms. The molecule has 4 nitrogen and oxygen atoms in total. The van der Waals surface area contributed by atoms with E-state index in [1.807, 2.05) is 31.3 Å². The third-order valence-electron chi connectivity index (χ3n) is 2.78. The van der Waals surface area contributed by atoms with Crippen LogP contribution < -0.4 is 10.1 Å². The second-order valence-electron chi connectivity index (χ2n) is 4.02. The Morgan fingerprint density at radius 1 is 1.21 bits per heavy atom. The number of aromatic nitrogens is 2. The molecule has 0 fully saturated rings. The summed E-state index contributed by atoms with van der Waals surface area (Å²) in [6.07, 6.45) is 2.31. The van der Waals surface area contributed by atoms with Crippen molar-refractivity contribution < 1.29 is 4.74 Å². The lowest BCUT2D eigenvalue weighted by atomic mass is 10.2. The zero-order valence-electron chi connectivity index (χ0n) is 11.0. The van der Waals surface area contributed by atoms with Gasteiger partial charge in [0.1, 0.15) is 18.8 Å². The molecule has 100 valence electrons. The normalized spacial score (nSPS) is 10.3. The molecule has 0 unspecified atom stereocenters. The highest BCUT2D eigenvalue weighted by atomic mass is 35.5. The van der Waals surface area contributed by atoms with E-state index in [-0.39, 0.29) is 0 Å². The van der Waals surface area contributed by atoms with Crippen molar-refractivity contribution in [1.29, 1.82) is 0 Å². The van der Waals surface area contributed by atoms with Crippen LogP contribution in [0.4, 0.5) is 5.82 Å². The highest BCUT2D eigenvalue weighted by Crippen LogP contribution is 2.23. The smallest absolute Gasteiger partial charge is 0.222 e. The van der Waals surface area contributed by atoms with E-state index in [0.717, 1.165) is 28.4 Å². The molecule has 1 heterocycles. The lowest BCUT2D eigenvalue weighted by molar-refractivity contribution is 0.290. The van der Waals surface area contributed by atoms with Crippen LogP contribution in [0.1, 0.15) is 18.1 Å². The van der Waals surface area contributed by atoms with Crippen molar-refractivity contribution in [3.05, 3.63) is 46.7 Å². The van der Waals surface area contributed by atoms with Gasteiger partial charge in [-0.2, -0.15) is 0 Å². The molecule has 0 atom stereocenters. The van der Waals surface area contributed by atoms with E-state index in [1.165, 1.54) is 6.33 Å². The fourth-order valence-electron chi connectivity index (χ4n) is 1.79. The minimum absolute atomic E-state index is 0.463. The number of hydrogen-bond donors (Lipinski definition) is 1. The number of benzene rings is 1. The van der Waals surface area contributed by atoms with Crippen LogP contribution in [0.5, 0.6) is 5.88 Å². The second kappa shape index (κ2) is 6.38. The number of hydrogen-bond acceptors (Lipinski definition) is 4. The minimum Gasteiger partial charge on any atom is -0.472 e. The van der Waals surface area contributed by atoms with Crippen LogP contribution in [0.25, 0.3) is 0 Å². The largest absolute Gasteiger partial charge is 0.472 e. The van der Waals surface area contributed by atoms with Crippen LogP contribution in [0.15, 0.2) is 30.6 Å². The maximum atomic E-state index is 5.85. The lowest BCUT2D eigenvalue weighted by Gasteiger charge is -2.12. The van der Waals surface area contributed by atoms with Crippen molar-refractivity contribution in [1.82, 2.24) is 9.97 Å². The van der Waals surface area contributed by atoms with Gasteiger partial charge in [0.25, 0.3) is 0 Å². The van der Waals surface area contributed by atoms with Crippen LogP contribution >= 0.6 is 11.6 Å². The van der Waals surface area contributed by atoms with Crippen LogP contribution in [0, 0.1) is 0 Å². The molecule has 0 aliphatic rings. The summed E-state index contributed by atoms with van der Waals surface area (Å²) in [5.74, 6) is 1.43. The van der Waals surface area contributed by atoms with Crippen LogP contribution in [0.3, 0.4) is 0 Å². The molecule has 0 amide bonds. The molecule has 0 saturated heterocycles. The first-order valence-electron chi connectivity index (χ1n) is 6.13. The fourth-order valence-corrected chi connectivity index (χ4v) is 1.91. The summed E-state index contributed by atoms with van der Waals surface area (Å²) >= 11 is 5.85. The summed E-state index contributed by atoms with van der Waals surface area (Å²) < 4.78 is 5.76. The summed E-state index contributed by atoms with van der Waals surface area (Å²) in [7, 11) is 1.84. The molecule has 0 radical (unpaired) electrons. The first-order chi connectivity index (χ1) is 9.24. The maximum Gasteiger partial charge on any atom is 0.222 e. The van der Waals surface area contributed by atoms with E-state index in [1.54, 1.807) is 0 Å². The molecule has 0 spiro atoms. The average molecular weight is 278 g/mol. The molecule has 2 aromatic rings. The van der Waals surface area contributed by atoms with Gasteiger partial charge in [0.2, 0.25) is 5.88 Å². The Morgan fingerprint density at radius 2 is 1.95 bits per heavy atom. The highest BCUT2D eigenvalue weighted by molar-refractivity contribution is 6.30. The summed E-state index contributed by atoms with van der Waals surface area (Å²) in [6.45, 7) is 2.51. The van der Waals surface area contributed by atoms with E-state index in [2.05, 4.69) is 22.2 Å². The van der Waals surface area contributed by atoms with E-state index in [0.29, 0.717) is 12.5 Å². The molecule has 0 saturated carbocycles. The van der Waals surface area contributed by atoms with Crippen molar-refractivity contribution in [2.75, 3.05) is 12.4 Å². The van der Waals surface area contributed by atoms with Crippen molar-refractivity contribution in [2.45, 2.75) is 20.0 Å². The summed E-state index contributed by atoms with van der Waals surface area (Å²) in [5, 5.41) is 3.76. The van der Waals surface area contributed by atoms with Gasteiger partial charge in [-0.15, -0.1) is 0 Å². The average Bonchev–Trinajstić information content (AvgIpc) is 2.46. The highest BCUT2D eigenvalue weighted by Gasteiger charge is 2.09. The quantitative estimate of drug-likeness (QED) is 0.911. The Morgan fingerprint density at radius 3 is 2.58 bits per heavy atom. The Labute approximate surface area is 117 Å². The van der Waals surface area contributed by atoms with E-state index < -0.39 is 0 Å². The van der Waals surface area contributed by atoms with Gasteiger partial charge in [-0.1, -0.05) is 30.7 Å². The summed E-state index contributed by atoms with van der Waals surface area (Å²) in [5.41, 5.74) is 2.04. The first kappa shape index (κ1) is 13.6. The minimum atomic E-state index is 0.463. The summed E-state index contributed by atoms with van der Waals surface area (Å²) in [6, 6.07) is 7.57. The Kier molecular flexibility index (Phi) is 4.58. The van der Waals surface area contributed by atoms with Crippen LogP contribution in [-0.2, 0) is 13.0 Å². The van der Waals surface area contributed by atoms with Gasteiger partial charge >= 0.3 is 0 Å². The SMILES string of the molecule is CCc1c(NC)ncnc1OCc1ccc(Cl)cc1. The molecule has 0 aliphatic carbocycles. The molecule has 5 heteroatoms. The predicted molar refractivity (Wildman–Crippen MR) is 76.7 cm³/mol. The van der Waals surface area contributed by atoms with Crippen LogP contribution in [-0.4, -0.2) is 17.0 Å². The van der Waals surface area contributed by atoms with Crippen molar-refractivity contribution in [2.24, 2.45) is 0 Å². The van der Waals surface area contributed by atoms with E-state index in [9.17, 15) is 0 Å². The lowest BCUT2D eigenvalue weighted by Crippen LogP contribution is -2.05. The molecular weight excluding hydrogens is 262 g/mol. The molecule has 1 N–H and O–H groups in total. The van der Waals surface area contributed by atoms with Gasteiger partial charge in [0.15, 0.2) is 0 Å². The molecule has 19 heavy (non-hydrogen) atoms. The van der Waals surface area contributed by atoms with Crippen molar-refractivity contribution in [3.8, 4) is 5.88 Å². The number of nitrogens with zero attached hydrogens (tertiary/aromatic N) is 2. The van der Waals surface area contributed by atoms with Gasteiger partial charge in [-0.05, 0) is 24.1 Å². The van der Waals surface area contributed by atoms with Gasteiger partial charge < -0.3 is 10.1 Å². The fraction of sp³-hybridized carbons (Fsp3) is 0.286. The molecule has 1 aromatic heterocycles. The monoisotopic (exact) mass is 277 g/mol. The van der Waals surface area contributed by atoms with Crippen molar-refractivity contribution in [3.63, 3.8) is 0 Å². The van der Waals surface area contributed by atoms with Crippen molar-refractivity contribution >= 4 is 17.4 Å².